The van der Waals surface area contributed by atoms with Gasteiger partial charge >= 0.3 is 0 Å². The van der Waals surface area contributed by atoms with Crippen LogP contribution in [-0.4, -0.2) is 83.5 Å². The normalized spacial score (nSPS) is 14.9. The molecule has 0 radical (unpaired) electrons. The first-order valence-corrected chi connectivity index (χ1v) is 15.8. The Morgan fingerprint density at radius 1 is 1.02 bits per heavy atom. The third-order valence-electron chi connectivity index (χ3n) is 7.01. The number of carbonyl (C=O) groups excluding carboxylic acids is 1. The van der Waals surface area contributed by atoms with Gasteiger partial charge in [-0.15, -0.1) is 0 Å². The van der Waals surface area contributed by atoms with Crippen molar-refractivity contribution in [3.63, 3.8) is 0 Å². The van der Waals surface area contributed by atoms with E-state index in [9.17, 15) is 13.2 Å². The summed E-state index contributed by atoms with van der Waals surface area (Å²) in [6.07, 6.45) is 1.12. The number of hydrogen-bond donors (Lipinski definition) is 2. The lowest BCUT2D eigenvalue weighted by atomic mass is 9.99. The molecule has 1 heterocycles. The third-order valence-corrected chi connectivity index (χ3v) is 8.35. The van der Waals surface area contributed by atoms with E-state index in [-0.39, 0.29) is 25.2 Å². The van der Waals surface area contributed by atoms with Crippen LogP contribution < -0.4 is 15.4 Å². The standard InChI is InChI=1S/C29H35Cl2N5O4S/c1-34(29(37)19-36(20-32)25-10-11-26(30)27(31)17-25)28(18-35-12-14-40-15-13-35)22-8-6-21(7-9-22)23-4-3-5-24(16-23)33-41(2,38)39/h3-11,16-17,28,33H,12-15,18-20,32H2,1-2H3. The van der Waals surface area contributed by atoms with Crippen molar-refractivity contribution < 1.29 is 17.9 Å². The molecule has 9 nitrogen and oxygen atoms in total. The van der Waals surface area contributed by atoms with E-state index in [1.807, 2.05) is 43.4 Å². The Morgan fingerprint density at radius 2 is 1.73 bits per heavy atom. The van der Waals surface area contributed by atoms with Crippen molar-refractivity contribution in [1.29, 1.82) is 0 Å². The maximum atomic E-state index is 13.6. The predicted molar refractivity (Wildman–Crippen MR) is 166 cm³/mol. The van der Waals surface area contributed by atoms with Crippen molar-refractivity contribution in [3.05, 3.63) is 82.3 Å². The van der Waals surface area contributed by atoms with Gasteiger partial charge in [-0.05, 0) is 47.0 Å². The maximum absolute atomic E-state index is 13.6. The summed E-state index contributed by atoms with van der Waals surface area (Å²) in [4.78, 5) is 19.4. The first kappa shape index (κ1) is 31.1. The number of amides is 1. The number of rotatable bonds is 11. The molecular weight excluding hydrogens is 585 g/mol. The van der Waals surface area contributed by atoms with E-state index in [0.29, 0.717) is 41.2 Å². The summed E-state index contributed by atoms with van der Waals surface area (Å²) in [5.74, 6) is -0.0941. The molecule has 12 heteroatoms. The molecule has 1 aliphatic rings. The summed E-state index contributed by atoms with van der Waals surface area (Å²) < 4.78 is 31.4. The van der Waals surface area contributed by atoms with Gasteiger partial charge in [-0.2, -0.15) is 0 Å². The first-order valence-electron chi connectivity index (χ1n) is 13.2. The fourth-order valence-electron chi connectivity index (χ4n) is 4.75. The molecule has 0 saturated carbocycles. The zero-order valence-electron chi connectivity index (χ0n) is 23.1. The molecule has 1 unspecified atom stereocenters. The Labute approximate surface area is 251 Å². The molecule has 3 N–H and O–H groups in total. The average Bonchev–Trinajstić information content (AvgIpc) is 2.95. The van der Waals surface area contributed by atoms with Gasteiger partial charge < -0.3 is 20.3 Å². The van der Waals surface area contributed by atoms with Crippen LogP contribution in [0.4, 0.5) is 11.4 Å². The molecular formula is C29H35Cl2N5O4S. The second-order valence-electron chi connectivity index (χ2n) is 9.99. The van der Waals surface area contributed by atoms with Crippen LogP contribution in [0.3, 0.4) is 0 Å². The Kier molecular flexibility index (Phi) is 10.5. The molecule has 4 rings (SSSR count). The van der Waals surface area contributed by atoms with Crippen molar-refractivity contribution in [2.24, 2.45) is 5.73 Å². The van der Waals surface area contributed by atoms with Gasteiger partial charge in [0.25, 0.3) is 0 Å². The Morgan fingerprint density at radius 3 is 2.37 bits per heavy atom. The van der Waals surface area contributed by atoms with Gasteiger partial charge in [-0.1, -0.05) is 59.6 Å². The number of anilines is 2. The summed E-state index contributed by atoms with van der Waals surface area (Å²) in [5.41, 5.74) is 10.0. The van der Waals surface area contributed by atoms with E-state index in [1.165, 1.54) is 0 Å². The number of nitrogens with zero attached hydrogens (tertiary/aromatic N) is 3. The minimum Gasteiger partial charge on any atom is -0.379 e. The Balaban J connectivity index is 1.56. The van der Waals surface area contributed by atoms with Gasteiger partial charge in [-0.3, -0.25) is 14.4 Å². The lowest BCUT2D eigenvalue weighted by molar-refractivity contribution is -0.131. The molecule has 1 saturated heterocycles. The van der Waals surface area contributed by atoms with Crippen LogP contribution in [0.2, 0.25) is 10.0 Å². The summed E-state index contributed by atoms with van der Waals surface area (Å²) >= 11 is 12.3. The van der Waals surface area contributed by atoms with Crippen LogP contribution >= 0.6 is 23.2 Å². The average molecular weight is 621 g/mol. The molecule has 0 aromatic heterocycles. The minimum absolute atomic E-state index is 0.0722. The highest BCUT2D eigenvalue weighted by molar-refractivity contribution is 7.92. The SMILES string of the molecule is CN(C(=O)CN(CN)c1ccc(Cl)c(Cl)c1)C(CN1CCOCC1)c1ccc(-c2cccc(NS(C)(=O)=O)c2)cc1. The van der Waals surface area contributed by atoms with Crippen molar-refractivity contribution in [2.75, 3.05) is 69.0 Å². The maximum Gasteiger partial charge on any atom is 0.242 e. The number of hydrogen-bond acceptors (Lipinski definition) is 7. The van der Waals surface area contributed by atoms with E-state index >= 15 is 0 Å². The molecule has 220 valence electrons. The monoisotopic (exact) mass is 619 g/mol. The van der Waals surface area contributed by atoms with E-state index in [0.717, 1.165) is 36.0 Å². The lowest BCUT2D eigenvalue weighted by Crippen LogP contribution is -2.47. The summed E-state index contributed by atoms with van der Waals surface area (Å²) in [5, 5.41) is 0.828. The number of likely N-dealkylation sites (N-methyl/N-ethyl adjacent to an activating group) is 1. The van der Waals surface area contributed by atoms with E-state index in [1.54, 1.807) is 40.1 Å². The second-order valence-corrected chi connectivity index (χ2v) is 12.6. The van der Waals surface area contributed by atoms with E-state index < -0.39 is 10.0 Å². The van der Waals surface area contributed by atoms with Crippen LogP contribution in [0.15, 0.2) is 66.7 Å². The van der Waals surface area contributed by atoms with E-state index in [2.05, 4.69) is 9.62 Å². The fraction of sp³-hybridized carbons (Fsp3) is 0.345. The number of ether oxygens (including phenoxy) is 1. The smallest absolute Gasteiger partial charge is 0.242 e. The number of nitrogens with two attached hydrogens (primary N) is 1. The minimum atomic E-state index is -3.38. The largest absolute Gasteiger partial charge is 0.379 e. The zero-order valence-corrected chi connectivity index (χ0v) is 25.4. The quantitative estimate of drug-likeness (QED) is 0.308. The van der Waals surface area contributed by atoms with E-state index in [4.69, 9.17) is 33.7 Å². The highest BCUT2D eigenvalue weighted by Gasteiger charge is 2.26. The lowest BCUT2D eigenvalue weighted by Gasteiger charge is -2.36. The van der Waals surface area contributed by atoms with Gasteiger partial charge in [0.15, 0.2) is 0 Å². The molecule has 1 aliphatic heterocycles. The summed E-state index contributed by atoms with van der Waals surface area (Å²) in [7, 11) is -1.57. The Bertz CT molecular complexity index is 1450. The number of halogens is 2. The third kappa shape index (κ3) is 8.57. The van der Waals surface area contributed by atoms with Crippen LogP contribution in [-0.2, 0) is 19.6 Å². The van der Waals surface area contributed by atoms with Gasteiger partial charge in [0.1, 0.15) is 0 Å². The van der Waals surface area contributed by atoms with Crippen LogP contribution in [0.5, 0.6) is 0 Å². The van der Waals surface area contributed by atoms with Gasteiger partial charge in [0, 0.05) is 38.1 Å². The van der Waals surface area contributed by atoms with Crippen molar-refractivity contribution in [2.45, 2.75) is 6.04 Å². The molecule has 3 aromatic carbocycles. The van der Waals surface area contributed by atoms with Crippen LogP contribution in [0.25, 0.3) is 11.1 Å². The predicted octanol–water partition coefficient (Wildman–Crippen LogP) is 4.29. The van der Waals surface area contributed by atoms with Gasteiger partial charge in [-0.25, -0.2) is 8.42 Å². The zero-order chi connectivity index (χ0) is 29.6. The highest BCUT2D eigenvalue weighted by atomic mass is 35.5. The number of nitrogens with one attached hydrogen (secondary N) is 1. The number of benzene rings is 3. The van der Waals surface area contributed by atoms with Crippen molar-refractivity contribution in [1.82, 2.24) is 9.80 Å². The number of sulfonamides is 1. The van der Waals surface area contributed by atoms with Crippen molar-refractivity contribution >= 4 is 50.5 Å². The Hall–Kier alpha value is -2.86. The molecule has 1 amide bonds. The highest BCUT2D eigenvalue weighted by Crippen LogP contribution is 2.29. The van der Waals surface area contributed by atoms with Gasteiger partial charge in [0.2, 0.25) is 15.9 Å². The molecule has 1 atom stereocenters. The second kappa shape index (κ2) is 13.9. The molecule has 0 aliphatic carbocycles. The van der Waals surface area contributed by atoms with Crippen molar-refractivity contribution in [3.8, 4) is 11.1 Å². The van der Waals surface area contributed by atoms with Gasteiger partial charge in [0.05, 0.1) is 48.8 Å². The topological polar surface area (TPSA) is 108 Å². The number of carbonyl (C=O) groups is 1. The molecule has 3 aromatic rings. The van der Waals surface area contributed by atoms with Crippen LogP contribution in [0.1, 0.15) is 11.6 Å². The molecule has 0 bridgehead atoms. The molecule has 41 heavy (non-hydrogen) atoms. The fourth-order valence-corrected chi connectivity index (χ4v) is 5.59. The number of morpholine rings is 1. The molecule has 0 spiro atoms. The van der Waals surface area contributed by atoms with Crippen LogP contribution in [0, 0.1) is 0 Å². The summed E-state index contributed by atoms with van der Waals surface area (Å²) in [6, 6.07) is 20.2. The summed E-state index contributed by atoms with van der Waals surface area (Å²) in [6.45, 7) is 3.73. The first-order chi connectivity index (χ1) is 19.5. The molecule has 1 fully saturated rings.